The first-order valence-corrected chi connectivity index (χ1v) is 9.81. The number of rotatable bonds is 7. The lowest BCUT2D eigenvalue weighted by molar-refractivity contribution is -0.309. The Kier molecular flexibility index (Phi) is 7.59. The summed E-state index contributed by atoms with van der Waals surface area (Å²) in [7, 11) is 0. The number of furan rings is 1. The Hall–Kier alpha value is -2.39. The molecule has 0 spiro atoms. The van der Waals surface area contributed by atoms with Crippen LogP contribution in [0.5, 0.6) is 0 Å². The van der Waals surface area contributed by atoms with Crippen LogP contribution >= 0.6 is 31.9 Å². The van der Waals surface area contributed by atoms with Crippen molar-refractivity contribution in [3.8, 4) is 0 Å². The van der Waals surface area contributed by atoms with Crippen molar-refractivity contribution in [3.63, 3.8) is 0 Å². The second-order valence-corrected chi connectivity index (χ2v) is 7.88. The number of nitrogens with one attached hydrogen (secondary N) is 2. The second-order valence-electron chi connectivity index (χ2n) is 6.18. The van der Waals surface area contributed by atoms with E-state index < -0.39 is 29.7 Å². The number of halogens is 2. The van der Waals surface area contributed by atoms with Crippen molar-refractivity contribution >= 4 is 55.7 Å². The molecule has 9 heteroatoms. The van der Waals surface area contributed by atoms with Crippen LogP contribution in [0.2, 0.25) is 0 Å². The van der Waals surface area contributed by atoms with E-state index in [9.17, 15) is 19.5 Å². The molecule has 0 radical (unpaired) electrons. The average Bonchev–Trinajstić information content (AvgIpc) is 3.06. The number of hydrogen-bond donors (Lipinski definition) is 2. The maximum atomic E-state index is 12.7. The molecule has 1 aromatic heterocycles. The van der Waals surface area contributed by atoms with Crippen LogP contribution in [0.4, 0.5) is 0 Å². The Morgan fingerprint density at radius 1 is 1.07 bits per heavy atom. The number of carboxylic acid groups (broad SMARTS) is 1. The van der Waals surface area contributed by atoms with E-state index in [1.54, 1.807) is 38.1 Å². The van der Waals surface area contributed by atoms with E-state index in [0.717, 1.165) is 4.47 Å². The van der Waals surface area contributed by atoms with E-state index in [2.05, 4.69) is 42.5 Å². The summed E-state index contributed by atoms with van der Waals surface area (Å²) < 4.78 is 6.39. The van der Waals surface area contributed by atoms with Crippen molar-refractivity contribution in [2.75, 3.05) is 0 Å². The summed E-state index contributed by atoms with van der Waals surface area (Å²) in [5.74, 6) is -3.24. The molecule has 0 saturated heterocycles. The highest BCUT2D eigenvalue weighted by molar-refractivity contribution is 9.10. The van der Waals surface area contributed by atoms with Crippen molar-refractivity contribution in [1.82, 2.24) is 10.6 Å². The molecule has 2 amide bonds. The zero-order chi connectivity index (χ0) is 20.8. The van der Waals surface area contributed by atoms with E-state index in [1.165, 1.54) is 18.2 Å². The third-order valence-electron chi connectivity index (χ3n) is 3.68. The van der Waals surface area contributed by atoms with E-state index in [4.69, 9.17) is 4.42 Å². The van der Waals surface area contributed by atoms with E-state index in [0.29, 0.717) is 10.2 Å². The fourth-order valence-corrected chi connectivity index (χ4v) is 2.79. The molecule has 1 atom stereocenters. The van der Waals surface area contributed by atoms with Gasteiger partial charge in [-0.05, 0) is 57.8 Å². The Labute approximate surface area is 178 Å². The lowest BCUT2D eigenvalue weighted by Crippen LogP contribution is -2.52. The van der Waals surface area contributed by atoms with Crippen LogP contribution in [0, 0.1) is 5.92 Å². The van der Waals surface area contributed by atoms with Gasteiger partial charge in [0.1, 0.15) is 5.70 Å². The first-order chi connectivity index (χ1) is 13.2. The molecule has 0 saturated carbocycles. The summed E-state index contributed by atoms with van der Waals surface area (Å²) in [4.78, 5) is 36.3. The molecule has 0 unspecified atom stereocenters. The number of carbonyl (C=O) groups excluding carboxylic acids is 3. The standard InChI is InChI=1S/C19H18Br2N2O5/c1-10(2)16(19(26)27)23-17(24)13(9-11-3-5-12(20)6-4-11)22-18(25)14-7-8-15(21)28-14/h3-10,16H,1-2H3,(H,22,25)(H,23,24)(H,26,27)/p-1/b13-9-/t16-/m1/s1. The molecule has 28 heavy (non-hydrogen) atoms. The maximum absolute atomic E-state index is 12.7. The van der Waals surface area contributed by atoms with Crippen molar-refractivity contribution in [3.05, 3.63) is 62.6 Å². The van der Waals surface area contributed by atoms with Crippen molar-refractivity contribution in [1.29, 1.82) is 0 Å². The maximum Gasteiger partial charge on any atom is 0.291 e. The van der Waals surface area contributed by atoms with Gasteiger partial charge >= 0.3 is 0 Å². The second kappa shape index (κ2) is 9.70. The van der Waals surface area contributed by atoms with Gasteiger partial charge < -0.3 is 25.0 Å². The minimum Gasteiger partial charge on any atom is -0.548 e. The third-order valence-corrected chi connectivity index (χ3v) is 4.63. The molecule has 0 aliphatic rings. The van der Waals surface area contributed by atoms with Crippen LogP contribution in [0.1, 0.15) is 30.0 Å². The quantitative estimate of drug-likeness (QED) is 0.553. The SMILES string of the molecule is CC(C)[C@@H](NC(=O)/C(=C/c1ccc(Br)cc1)NC(=O)c1ccc(Br)o1)C(=O)[O-]. The van der Waals surface area contributed by atoms with Crippen LogP contribution in [-0.2, 0) is 9.59 Å². The molecule has 7 nitrogen and oxygen atoms in total. The van der Waals surface area contributed by atoms with Crippen LogP contribution in [0.3, 0.4) is 0 Å². The smallest absolute Gasteiger partial charge is 0.291 e. The fourth-order valence-electron chi connectivity index (χ4n) is 2.22. The van der Waals surface area contributed by atoms with Gasteiger partial charge in [0.15, 0.2) is 10.4 Å². The van der Waals surface area contributed by atoms with Gasteiger partial charge in [-0.15, -0.1) is 0 Å². The first-order valence-electron chi connectivity index (χ1n) is 8.23. The highest BCUT2D eigenvalue weighted by atomic mass is 79.9. The molecule has 2 rings (SSSR count). The zero-order valence-corrected chi connectivity index (χ0v) is 18.2. The summed E-state index contributed by atoms with van der Waals surface area (Å²) in [6, 6.07) is 8.76. The minimum absolute atomic E-state index is 0.0123. The van der Waals surface area contributed by atoms with E-state index in [1.807, 2.05) is 0 Å². The van der Waals surface area contributed by atoms with Crippen molar-refractivity contribution < 1.29 is 23.9 Å². The molecule has 0 aliphatic carbocycles. The molecular weight excluding hydrogens is 496 g/mol. The topological polar surface area (TPSA) is 111 Å². The number of benzene rings is 1. The van der Waals surface area contributed by atoms with E-state index in [-0.39, 0.29) is 11.5 Å². The number of carboxylic acids is 1. The molecule has 0 aliphatic heterocycles. The van der Waals surface area contributed by atoms with Gasteiger partial charge in [0.2, 0.25) is 0 Å². The summed E-state index contributed by atoms with van der Waals surface area (Å²) in [6.07, 6.45) is 1.43. The monoisotopic (exact) mass is 511 g/mol. The first kappa shape index (κ1) is 21.9. The average molecular weight is 513 g/mol. The molecular formula is C19H17Br2N2O5-. The van der Waals surface area contributed by atoms with Crippen LogP contribution in [-0.4, -0.2) is 23.8 Å². The highest BCUT2D eigenvalue weighted by Gasteiger charge is 2.22. The largest absolute Gasteiger partial charge is 0.548 e. The van der Waals surface area contributed by atoms with E-state index >= 15 is 0 Å². The third kappa shape index (κ3) is 6.07. The summed E-state index contributed by atoms with van der Waals surface area (Å²) >= 11 is 6.42. The van der Waals surface area contributed by atoms with Crippen molar-refractivity contribution in [2.45, 2.75) is 19.9 Å². The summed E-state index contributed by atoms with van der Waals surface area (Å²) in [5.41, 5.74) is 0.496. The molecule has 1 heterocycles. The Morgan fingerprint density at radius 2 is 1.71 bits per heavy atom. The molecule has 0 bridgehead atoms. The summed E-state index contributed by atoms with van der Waals surface area (Å²) in [5, 5.41) is 16.1. The number of aliphatic carboxylic acids is 1. The number of hydrogen-bond acceptors (Lipinski definition) is 5. The van der Waals surface area contributed by atoms with Gasteiger partial charge in [-0.25, -0.2) is 0 Å². The molecule has 2 aromatic rings. The Bertz CT molecular complexity index is 903. The molecule has 148 valence electrons. The van der Waals surface area contributed by atoms with Crippen LogP contribution < -0.4 is 15.7 Å². The van der Waals surface area contributed by atoms with Gasteiger partial charge in [-0.2, -0.15) is 0 Å². The fraction of sp³-hybridized carbons (Fsp3) is 0.211. The van der Waals surface area contributed by atoms with Crippen LogP contribution in [0.25, 0.3) is 6.08 Å². The Morgan fingerprint density at radius 3 is 2.21 bits per heavy atom. The van der Waals surface area contributed by atoms with Gasteiger partial charge in [0.25, 0.3) is 11.8 Å². The lowest BCUT2D eigenvalue weighted by atomic mass is 10.0. The number of amides is 2. The number of carbonyl (C=O) groups is 3. The molecule has 0 fully saturated rings. The van der Waals surface area contributed by atoms with Gasteiger partial charge in [-0.1, -0.05) is 41.9 Å². The molecule has 1 aromatic carbocycles. The predicted molar refractivity (Wildman–Crippen MR) is 108 cm³/mol. The van der Waals surface area contributed by atoms with Crippen LogP contribution in [0.15, 0.2) is 55.7 Å². The molecule has 2 N–H and O–H groups in total. The normalized spacial score (nSPS) is 12.5. The van der Waals surface area contributed by atoms with Gasteiger partial charge in [0, 0.05) is 4.47 Å². The highest BCUT2D eigenvalue weighted by Crippen LogP contribution is 2.16. The predicted octanol–water partition coefficient (Wildman–Crippen LogP) is 2.47. The lowest BCUT2D eigenvalue weighted by Gasteiger charge is -2.24. The summed E-state index contributed by atoms with van der Waals surface area (Å²) in [6.45, 7) is 3.27. The van der Waals surface area contributed by atoms with Gasteiger partial charge in [-0.3, -0.25) is 9.59 Å². The Balaban J connectivity index is 2.31. The van der Waals surface area contributed by atoms with Crippen molar-refractivity contribution in [2.24, 2.45) is 5.92 Å². The van der Waals surface area contributed by atoms with Gasteiger partial charge in [0.05, 0.1) is 12.0 Å². The zero-order valence-electron chi connectivity index (χ0n) is 15.0. The minimum atomic E-state index is -1.41.